The summed E-state index contributed by atoms with van der Waals surface area (Å²) in [6, 6.07) is 20.9. The first-order valence-corrected chi connectivity index (χ1v) is 11.0. The van der Waals surface area contributed by atoms with E-state index in [4.69, 9.17) is 0 Å². The first kappa shape index (κ1) is 20.3. The fourth-order valence-electron chi connectivity index (χ4n) is 4.65. The van der Waals surface area contributed by atoms with Crippen molar-refractivity contribution >= 4 is 22.6 Å². The summed E-state index contributed by atoms with van der Waals surface area (Å²) in [5, 5.41) is 4.25. The maximum absolute atomic E-state index is 13.8. The van der Waals surface area contributed by atoms with Crippen LogP contribution in [-0.2, 0) is 19.5 Å². The summed E-state index contributed by atoms with van der Waals surface area (Å²) in [5.41, 5.74) is 7.57. The van der Waals surface area contributed by atoms with E-state index in [1.807, 2.05) is 55.1 Å². The standard InChI is InChI=1S/C27H26FN3O/c1-18-7-5-11-24(19(18)2)29-27(32)30-14-13-26-23(17-30)22-10-3-4-12-25(22)31(26)16-20-8-6-9-21(28)15-20/h3-12,15H,13-14,16-17H2,1-2H3,(H,29,32). The van der Waals surface area contributed by atoms with Gasteiger partial charge in [0.2, 0.25) is 0 Å². The molecule has 5 heteroatoms. The summed E-state index contributed by atoms with van der Waals surface area (Å²) in [7, 11) is 0. The van der Waals surface area contributed by atoms with E-state index >= 15 is 0 Å². The molecule has 0 saturated heterocycles. The second-order valence-electron chi connectivity index (χ2n) is 8.51. The van der Waals surface area contributed by atoms with Crippen molar-refractivity contribution < 1.29 is 9.18 Å². The highest BCUT2D eigenvalue weighted by Gasteiger charge is 2.27. The highest BCUT2D eigenvalue weighted by atomic mass is 19.1. The molecule has 0 atom stereocenters. The Labute approximate surface area is 187 Å². The minimum absolute atomic E-state index is 0.0775. The second kappa shape index (κ2) is 8.15. The number of para-hydroxylation sites is 1. The third-order valence-electron chi connectivity index (χ3n) is 6.52. The Hall–Kier alpha value is -3.60. The molecule has 0 fully saturated rings. The smallest absolute Gasteiger partial charge is 0.322 e. The molecule has 2 amide bonds. The van der Waals surface area contributed by atoms with E-state index < -0.39 is 0 Å². The molecule has 5 rings (SSSR count). The third kappa shape index (κ3) is 3.64. The Morgan fingerprint density at radius 1 is 1.03 bits per heavy atom. The van der Waals surface area contributed by atoms with E-state index in [0.717, 1.165) is 39.7 Å². The van der Waals surface area contributed by atoms with Crippen molar-refractivity contribution in [1.29, 1.82) is 0 Å². The van der Waals surface area contributed by atoms with Crippen LogP contribution >= 0.6 is 0 Å². The lowest BCUT2D eigenvalue weighted by Gasteiger charge is -2.29. The molecule has 4 aromatic rings. The number of benzene rings is 3. The maximum atomic E-state index is 13.8. The molecule has 0 aliphatic carbocycles. The molecule has 0 spiro atoms. The lowest BCUT2D eigenvalue weighted by molar-refractivity contribution is 0.206. The van der Waals surface area contributed by atoms with Gasteiger partial charge in [-0.05, 0) is 54.8 Å². The van der Waals surface area contributed by atoms with Gasteiger partial charge in [0.25, 0.3) is 0 Å². The number of carbonyl (C=O) groups excluding carboxylic acids is 1. The second-order valence-corrected chi connectivity index (χ2v) is 8.51. The minimum Gasteiger partial charge on any atom is -0.340 e. The van der Waals surface area contributed by atoms with Gasteiger partial charge in [-0.25, -0.2) is 9.18 Å². The summed E-state index contributed by atoms with van der Waals surface area (Å²) in [5.74, 6) is -0.220. The van der Waals surface area contributed by atoms with E-state index in [-0.39, 0.29) is 11.8 Å². The fraction of sp³-hybridized carbons (Fsp3) is 0.222. The van der Waals surface area contributed by atoms with Crippen LogP contribution in [0.15, 0.2) is 66.7 Å². The Kier molecular flexibility index (Phi) is 5.17. The average molecular weight is 428 g/mol. The summed E-state index contributed by atoms with van der Waals surface area (Å²) >= 11 is 0. The molecule has 0 unspecified atom stereocenters. The molecular weight excluding hydrogens is 401 g/mol. The Bertz CT molecular complexity index is 1320. The monoisotopic (exact) mass is 427 g/mol. The normalized spacial score (nSPS) is 13.3. The lowest BCUT2D eigenvalue weighted by atomic mass is 10.0. The van der Waals surface area contributed by atoms with Gasteiger partial charge in [-0.3, -0.25) is 0 Å². The zero-order valence-corrected chi connectivity index (χ0v) is 18.4. The number of aryl methyl sites for hydroxylation is 1. The van der Waals surface area contributed by atoms with Crippen molar-refractivity contribution in [2.45, 2.75) is 33.4 Å². The van der Waals surface area contributed by atoms with Gasteiger partial charge >= 0.3 is 6.03 Å². The quantitative estimate of drug-likeness (QED) is 0.425. The van der Waals surface area contributed by atoms with Crippen molar-refractivity contribution in [1.82, 2.24) is 9.47 Å². The number of nitrogens with one attached hydrogen (secondary N) is 1. The van der Waals surface area contributed by atoms with E-state index in [9.17, 15) is 9.18 Å². The number of urea groups is 1. The molecule has 0 bridgehead atoms. The van der Waals surface area contributed by atoms with Gasteiger partial charge in [-0.1, -0.05) is 42.5 Å². The van der Waals surface area contributed by atoms with E-state index in [2.05, 4.69) is 22.0 Å². The minimum atomic E-state index is -0.220. The molecule has 32 heavy (non-hydrogen) atoms. The molecule has 0 saturated carbocycles. The van der Waals surface area contributed by atoms with Crippen LogP contribution in [0.2, 0.25) is 0 Å². The zero-order valence-electron chi connectivity index (χ0n) is 18.4. The van der Waals surface area contributed by atoms with Crippen molar-refractivity contribution in [2.24, 2.45) is 0 Å². The van der Waals surface area contributed by atoms with Gasteiger partial charge in [0.1, 0.15) is 5.82 Å². The number of anilines is 1. The number of rotatable bonds is 3. The van der Waals surface area contributed by atoms with Crippen molar-refractivity contribution in [3.8, 4) is 0 Å². The molecule has 4 nitrogen and oxygen atoms in total. The summed E-state index contributed by atoms with van der Waals surface area (Å²) in [6.07, 6.45) is 0.763. The predicted molar refractivity (Wildman–Crippen MR) is 126 cm³/mol. The lowest BCUT2D eigenvalue weighted by Crippen LogP contribution is -2.39. The van der Waals surface area contributed by atoms with Crippen LogP contribution in [0.4, 0.5) is 14.9 Å². The molecular formula is C27H26FN3O. The number of halogens is 1. The van der Waals surface area contributed by atoms with Gasteiger partial charge in [0.05, 0.1) is 0 Å². The van der Waals surface area contributed by atoms with E-state index in [0.29, 0.717) is 19.6 Å². The number of carbonyl (C=O) groups is 1. The Morgan fingerprint density at radius 3 is 2.69 bits per heavy atom. The number of amides is 2. The third-order valence-corrected chi connectivity index (χ3v) is 6.52. The molecule has 0 radical (unpaired) electrons. The SMILES string of the molecule is Cc1cccc(NC(=O)N2CCc3c(c4ccccc4n3Cc3cccc(F)c3)C2)c1C. The highest BCUT2D eigenvalue weighted by molar-refractivity contribution is 5.92. The van der Waals surface area contributed by atoms with Crippen LogP contribution in [-0.4, -0.2) is 22.0 Å². The van der Waals surface area contributed by atoms with Crippen LogP contribution in [0.1, 0.15) is 27.9 Å². The van der Waals surface area contributed by atoms with E-state index in [1.54, 1.807) is 12.1 Å². The Balaban J connectivity index is 1.45. The molecule has 1 N–H and O–H groups in total. The topological polar surface area (TPSA) is 37.3 Å². The van der Waals surface area contributed by atoms with Gasteiger partial charge in [-0.2, -0.15) is 0 Å². The van der Waals surface area contributed by atoms with Crippen LogP contribution in [0, 0.1) is 19.7 Å². The summed E-state index contributed by atoms with van der Waals surface area (Å²) in [6.45, 7) is 5.89. The van der Waals surface area contributed by atoms with Gasteiger partial charge in [0, 0.05) is 53.9 Å². The molecule has 1 aliphatic rings. The largest absolute Gasteiger partial charge is 0.340 e. The summed E-state index contributed by atoms with van der Waals surface area (Å²) in [4.78, 5) is 15.0. The molecule has 1 aliphatic heterocycles. The first-order chi connectivity index (χ1) is 15.5. The molecule has 3 aromatic carbocycles. The van der Waals surface area contributed by atoms with Gasteiger partial charge in [-0.15, -0.1) is 0 Å². The first-order valence-electron chi connectivity index (χ1n) is 11.0. The molecule has 2 heterocycles. The number of nitrogens with zero attached hydrogens (tertiary/aromatic N) is 2. The van der Waals surface area contributed by atoms with Crippen LogP contribution in [0.3, 0.4) is 0 Å². The van der Waals surface area contributed by atoms with Crippen molar-refractivity contribution in [3.63, 3.8) is 0 Å². The van der Waals surface area contributed by atoms with Crippen molar-refractivity contribution in [2.75, 3.05) is 11.9 Å². The predicted octanol–water partition coefficient (Wildman–Crippen LogP) is 6.04. The molecule has 1 aromatic heterocycles. The van der Waals surface area contributed by atoms with Gasteiger partial charge in [0.15, 0.2) is 0 Å². The number of aromatic nitrogens is 1. The van der Waals surface area contributed by atoms with Crippen LogP contribution in [0.25, 0.3) is 10.9 Å². The van der Waals surface area contributed by atoms with Gasteiger partial charge < -0.3 is 14.8 Å². The van der Waals surface area contributed by atoms with E-state index in [1.165, 1.54) is 17.3 Å². The zero-order chi connectivity index (χ0) is 22.2. The maximum Gasteiger partial charge on any atom is 0.322 e. The average Bonchev–Trinajstić information content (AvgIpc) is 3.10. The van der Waals surface area contributed by atoms with Crippen LogP contribution < -0.4 is 5.32 Å². The highest BCUT2D eigenvalue weighted by Crippen LogP contribution is 2.32. The summed E-state index contributed by atoms with van der Waals surface area (Å²) < 4.78 is 16.0. The molecule has 162 valence electrons. The number of hydrogen-bond acceptors (Lipinski definition) is 1. The number of hydrogen-bond donors (Lipinski definition) is 1. The fourth-order valence-corrected chi connectivity index (χ4v) is 4.65. The van der Waals surface area contributed by atoms with Crippen molar-refractivity contribution in [3.05, 3.63) is 100 Å². The number of fused-ring (bicyclic) bond motifs is 3. The Morgan fingerprint density at radius 2 is 1.84 bits per heavy atom. The van der Waals surface area contributed by atoms with Crippen LogP contribution in [0.5, 0.6) is 0 Å².